The Hall–Kier alpha value is -2.83. The van der Waals surface area contributed by atoms with E-state index in [4.69, 9.17) is 4.42 Å². The molecule has 0 fully saturated rings. The molecule has 0 aliphatic rings. The van der Waals surface area contributed by atoms with Gasteiger partial charge in [-0.1, -0.05) is 18.2 Å². The standard InChI is InChI=1S/C16H11F3N2O2/c1-9-10(14-20-12-6-2-3-8-13(12)23-14)5-4-7-11(9)21-15(22)16(17,18)19/h2-8H,1H3,(H,21,22). The van der Waals surface area contributed by atoms with Crippen LogP contribution in [-0.2, 0) is 4.79 Å². The minimum Gasteiger partial charge on any atom is -0.436 e. The number of oxazole rings is 1. The van der Waals surface area contributed by atoms with Crippen molar-refractivity contribution in [3.8, 4) is 11.5 Å². The number of fused-ring (bicyclic) bond motifs is 1. The molecule has 0 aliphatic carbocycles. The number of hydrogen-bond acceptors (Lipinski definition) is 3. The average molecular weight is 320 g/mol. The second-order valence-corrected chi connectivity index (χ2v) is 4.92. The first kappa shape index (κ1) is 15.1. The lowest BCUT2D eigenvalue weighted by atomic mass is 10.1. The summed E-state index contributed by atoms with van der Waals surface area (Å²) in [7, 11) is 0. The number of carbonyl (C=O) groups is 1. The molecule has 3 aromatic rings. The van der Waals surface area contributed by atoms with Crippen molar-refractivity contribution < 1.29 is 22.4 Å². The summed E-state index contributed by atoms with van der Waals surface area (Å²) in [5.74, 6) is -1.73. The van der Waals surface area contributed by atoms with Gasteiger partial charge in [0.2, 0.25) is 5.89 Å². The van der Waals surface area contributed by atoms with Gasteiger partial charge in [-0.15, -0.1) is 0 Å². The zero-order chi connectivity index (χ0) is 16.6. The highest BCUT2D eigenvalue weighted by Crippen LogP contribution is 2.31. The van der Waals surface area contributed by atoms with Crippen LogP contribution < -0.4 is 5.32 Å². The number of hydrogen-bond donors (Lipinski definition) is 1. The fourth-order valence-corrected chi connectivity index (χ4v) is 2.18. The monoisotopic (exact) mass is 320 g/mol. The summed E-state index contributed by atoms with van der Waals surface area (Å²) in [4.78, 5) is 15.4. The Balaban J connectivity index is 2.01. The van der Waals surface area contributed by atoms with Gasteiger partial charge in [0.15, 0.2) is 5.58 Å². The van der Waals surface area contributed by atoms with Gasteiger partial charge in [0.25, 0.3) is 0 Å². The number of benzene rings is 2. The van der Waals surface area contributed by atoms with E-state index in [1.807, 2.05) is 11.4 Å². The highest BCUT2D eigenvalue weighted by molar-refractivity contribution is 5.96. The summed E-state index contributed by atoms with van der Waals surface area (Å²) in [5, 5.41) is 1.86. The topological polar surface area (TPSA) is 55.1 Å². The van der Waals surface area contributed by atoms with Gasteiger partial charge in [0.05, 0.1) is 0 Å². The minimum atomic E-state index is -4.94. The highest BCUT2D eigenvalue weighted by Gasteiger charge is 2.38. The maximum Gasteiger partial charge on any atom is 0.471 e. The van der Waals surface area contributed by atoms with Crippen LogP contribution in [0.25, 0.3) is 22.6 Å². The number of anilines is 1. The third kappa shape index (κ3) is 2.90. The third-order valence-electron chi connectivity index (χ3n) is 3.36. The molecule has 1 heterocycles. The van der Waals surface area contributed by atoms with E-state index in [9.17, 15) is 18.0 Å². The second kappa shape index (κ2) is 5.42. The lowest BCUT2D eigenvalue weighted by molar-refractivity contribution is -0.167. The van der Waals surface area contributed by atoms with Crippen molar-refractivity contribution in [1.82, 2.24) is 4.98 Å². The fourth-order valence-electron chi connectivity index (χ4n) is 2.18. The van der Waals surface area contributed by atoms with E-state index in [2.05, 4.69) is 4.98 Å². The molecule has 0 atom stereocenters. The molecule has 2 aromatic carbocycles. The fraction of sp³-hybridized carbons (Fsp3) is 0.125. The van der Waals surface area contributed by atoms with Crippen molar-refractivity contribution in [1.29, 1.82) is 0 Å². The first-order chi connectivity index (χ1) is 10.9. The molecule has 118 valence electrons. The molecule has 0 bridgehead atoms. The summed E-state index contributed by atoms with van der Waals surface area (Å²) < 4.78 is 42.8. The Kier molecular flexibility index (Phi) is 3.55. The number of rotatable bonds is 2. The Bertz CT molecular complexity index is 851. The predicted molar refractivity (Wildman–Crippen MR) is 78.9 cm³/mol. The summed E-state index contributed by atoms with van der Waals surface area (Å²) in [6.07, 6.45) is -4.94. The number of nitrogens with one attached hydrogen (secondary N) is 1. The van der Waals surface area contributed by atoms with Crippen molar-refractivity contribution in [3.63, 3.8) is 0 Å². The zero-order valence-electron chi connectivity index (χ0n) is 11.9. The van der Waals surface area contributed by atoms with E-state index < -0.39 is 12.1 Å². The van der Waals surface area contributed by atoms with Gasteiger partial charge in [-0.25, -0.2) is 4.98 Å². The van der Waals surface area contributed by atoms with Crippen LogP contribution in [-0.4, -0.2) is 17.1 Å². The Morgan fingerprint density at radius 3 is 2.57 bits per heavy atom. The molecular weight excluding hydrogens is 309 g/mol. The van der Waals surface area contributed by atoms with E-state index in [1.54, 1.807) is 31.2 Å². The van der Waals surface area contributed by atoms with Gasteiger partial charge >= 0.3 is 12.1 Å². The molecule has 0 aliphatic heterocycles. The van der Waals surface area contributed by atoms with Gasteiger partial charge in [0, 0.05) is 11.3 Å². The first-order valence-corrected chi connectivity index (χ1v) is 6.70. The van der Waals surface area contributed by atoms with Gasteiger partial charge in [-0.2, -0.15) is 13.2 Å². The largest absolute Gasteiger partial charge is 0.471 e. The Labute approximate surface area is 128 Å². The van der Waals surface area contributed by atoms with E-state index >= 15 is 0 Å². The quantitative estimate of drug-likeness (QED) is 0.766. The van der Waals surface area contributed by atoms with Gasteiger partial charge in [0.1, 0.15) is 5.52 Å². The van der Waals surface area contributed by atoms with E-state index in [0.717, 1.165) is 0 Å². The summed E-state index contributed by atoms with van der Waals surface area (Å²) >= 11 is 0. The number of amides is 1. The molecule has 0 saturated carbocycles. The number of aromatic nitrogens is 1. The predicted octanol–water partition coefficient (Wildman–Crippen LogP) is 4.30. The van der Waals surface area contributed by atoms with Gasteiger partial charge in [-0.05, 0) is 36.8 Å². The molecule has 1 aromatic heterocycles. The van der Waals surface area contributed by atoms with Gasteiger partial charge in [-0.3, -0.25) is 4.79 Å². The molecule has 23 heavy (non-hydrogen) atoms. The zero-order valence-corrected chi connectivity index (χ0v) is 11.9. The van der Waals surface area contributed by atoms with Crippen LogP contribution in [0.2, 0.25) is 0 Å². The lowest BCUT2D eigenvalue weighted by Gasteiger charge is -2.12. The highest BCUT2D eigenvalue weighted by atomic mass is 19.4. The van der Waals surface area contributed by atoms with Gasteiger partial charge < -0.3 is 9.73 Å². The molecule has 4 nitrogen and oxygen atoms in total. The van der Waals surface area contributed by atoms with Crippen LogP contribution in [0.15, 0.2) is 46.9 Å². The molecule has 0 radical (unpaired) electrons. The summed E-state index contributed by atoms with van der Waals surface area (Å²) in [6, 6.07) is 11.7. The van der Waals surface area contributed by atoms with Crippen LogP contribution in [0, 0.1) is 6.92 Å². The molecule has 0 unspecified atom stereocenters. The van der Waals surface area contributed by atoms with E-state index in [0.29, 0.717) is 22.2 Å². The van der Waals surface area contributed by atoms with Crippen LogP contribution in [0.3, 0.4) is 0 Å². The van der Waals surface area contributed by atoms with Crippen LogP contribution in [0.1, 0.15) is 5.56 Å². The number of alkyl halides is 3. The van der Waals surface area contributed by atoms with E-state index in [-0.39, 0.29) is 11.6 Å². The first-order valence-electron chi connectivity index (χ1n) is 6.70. The maximum atomic E-state index is 12.4. The smallest absolute Gasteiger partial charge is 0.436 e. The molecule has 1 amide bonds. The molecule has 0 saturated heterocycles. The van der Waals surface area contributed by atoms with Crippen LogP contribution >= 0.6 is 0 Å². The molecule has 1 N–H and O–H groups in total. The molecular formula is C16H11F3N2O2. The average Bonchev–Trinajstić information content (AvgIpc) is 2.92. The molecule has 3 rings (SSSR count). The molecule has 7 heteroatoms. The Morgan fingerprint density at radius 1 is 1.13 bits per heavy atom. The summed E-state index contributed by atoms with van der Waals surface area (Å²) in [5.41, 5.74) is 2.24. The van der Waals surface area contributed by atoms with Crippen LogP contribution in [0.5, 0.6) is 0 Å². The van der Waals surface area contributed by atoms with Crippen molar-refractivity contribution in [2.24, 2.45) is 0 Å². The minimum absolute atomic E-state index is 0.0621. The van der Waals surface area contributed by atoms with Crippen molar-refractivity contribution in [2.75, 3.05) is 5.32 Å². The Morgan fingerprint density at radius 2 is 1.87 bits per heavy atom. The number of para-hydroxylation sites is 2. The lowest BCUT2D eigenvalue weighted by Crippen LogP contribution is -2.30. The van der Waals surface area contributed by atoms with Crippen molar-refractivity contribution in [3.05, 3.63) is 48.0 Å². The second-order valence-electron chi connectivity index (χ2n) is 4.92. The number of nitrogens with zero attached hydrogens (tertiary/aromatic N) is 1. The van der Waals surface area contributed by atoms with Crippen LogP contribution in [0.4, 0.5) is 18.9 Å². The number of carbonyl (C=O) groups excluding carboxylic acids is 1. The molecule has 0 spiro atoms. The summed E-state index contributed by atoms with van der Waals surface area (Å²) in [6.45, 7) is 1.59. The SMILES string of the molecule is Cc1c(NC(=O)C(F)(F)F)cccc1-c1nc2ccccc2o1. The van der Waals surface area contributed by atoms with Crippen molar-refractivity contribution in [2.45, 2.75) is 13.1 Å². The number of halogens is 3. The van der Waals surface area contributed by atoms with E-state index in [1.165, 1.54) is 12.1 Å². The van der Waals surface area contributed by atoms with Crippen molar-refractivity contribution >= 4 is 22.7 Å². The third-order valence-corrected chi connectivity index (χ3v) is 3.36. The normalized spacial score (nSPS) is 11.7. The maximum absolute atomic E-state index is 12.4.